The van der Waals surface area contributed by atoms with E-state index in [1.807, 2.05) is 19.1 Å². The molecule has 0 fully saturated rings. The topological polar surface area (TPSA) is 75.7 Å². The molecule has 6 nitrogen and oxygen atoms in total. The molecule has 0 saturated carbocycles. The van der Waals surface area contributed by atoms with Crippen LogP contribution in [-0.2, 0) is 4.79 Å². The van der Waals surface area contributed by atoms with E-state index in [4.69, 9.17) is 4.74 Å². The number of carbonyl (C=O) groups excluding carboxylic acids is 3. The van der Waals surface area contributed by atoms with Crippen LogP contribution >= 0.6 is 0 Å². The van der Waals surface area contributed by atoms with Crippen molar-refractivity contribution in [2.24, 2.45) is 0 Å². The average Bonchev–Trinajstić information content (AvgIpc) is 2.93. The Hall–Kier alpha value is -3.93. The number of ether oxygens (including phenoxy) is 1. The standard InChI is InChI=1S/C23H18N2O4/c1-14-4-3-5-17(12-14)25-22(27)20-11-10-19(13-21(20)23(25)28)29-18-8-6-16(7-9-18)24-15(2)26/h3-13H,1-2H3,(H,24,26). The van der Waals surface area contributed by atoms with Gasteiger partial charge < -0.3 is 10.1 Å². The van der Waals surface area contributed by atoms with Crippen LogP contribution in [0.3, 0.4) is 0 Å². The Morgan fingerprint density at radius 2 is 1.55 bits per heavy atom. The molecule has 3 aromatic rings. The second-order valence-corrected chi connectivity index (χ2v) is 6.80. The second kappa shape index (κ2) is 7.24. The molecule has 1 N–H and O–H groups in total. The van der Waals surface area contributed by atoms with Gasteiger partial charge in [-0.15, -0.1) is 0 Å². The number of nitrogens with one attached hydrogen (secondary N) is 1. The predicted molar refractivity (Wildman–Crippen MR) is 110 cm³/mol. The molecule has 6 heteroatoms. The number of carbonyl (C=O) groups is 3. The van der Waals surface area contributed by atoms with Gasteiger partial charge in [0.15, 0.2) is 0 Å². The average molecular weight is 386 g/mol. The molecule has 1 aliphatic heterocycles. The number of amides is 3. The van der Waals surface area contributed by atoms with Crippen molar-refractivity contribution in [3.8, 4) is 11.5 Å². The summed E-state index contributed by atoms with van der Waals surface area (Å²) in [6.07, 6.45) is 0. The van der Waals surface area contributed by atoms with Crippen LogP contribution in [0.15, 0.2) is 66.7 Å². The van der Waals surface area contributed by atoms with Crippen molar-refractivity contribution in [3.05, 3.63) is 83.4 Å². The third kappa shape index (κ3) is 3.60. The summed E-state index contributed by atoms with van der Waals surface area (Å²) < 4.78 is 5.81. The van der Waals surface area contributed by atoms with E-state index < -0.39 is 0 Å². The van der Waals surface area contributed by atoms with Gasteiger partial charge in [0, 0.05) is 12.6 Å². The molecular weight excluding hydrogens is 368 g/mol. The zero-order valence-electron chi connectivity index (χ0n) is 15.9. The predicted octanol–water partition coefficient (Wildman–Crippen LogP) is 4.55. The Labute approximate surface area is 167 Å². The Bertz CT molecular complexity index is 1140. The molecule has 0 aromatic heterocycles. The molecule has 3 aromatic carbocycles. The molecule has 0 unspecified atom stereocenters. The summed E-state index contributed by atoms with van der Waals surface area (Å²) in [6, 6.07) is 19.0. The summed E-state index contributed by atoms with van der Waals surface area (Å²) in [4.78, 5) is 37.9. The molecule has 0 aliphatic carbocycles. The number of nitrogens with zero attached hydrogens (tertiary/aromatic N) is 1. The van der Waals surface area contributed by atoms with E-state index in [9.17, 15) is 14.4 Å². The summed E-state index contributed by atoms with van der Waals surface area (Å²) in [7, 11) is 0. The van der Waals surface area contributed by atoms with Crippen molar-refractivity contribution in [2.45, 2.75) is 13.8 Å². The van der Waals surface area contributed by atoms with Gasteiger partial charge in [0.05, 0.1) is 16.8 Å². The normalized spacial score (nSPS) is 12.7. The van der Waals surface area contributed by atoms with E-state index in [0.717, 1.165) is 5.56 Å². The molecule has 0 spiro atoms. The summed E-state index contributed by atoms with van der Waals surface area (Å²) in [5.41, 5.74) is 2.83. The lowest BCUT2D eigenvalue weighted by atomic mass is 10.1. The van der Waals surface area contributed by atoms with Gasteiger partial charge in [-0.1, -0.05) is 12.1 Å². The number of anilines is 2. The van der Waals surface area contributed by atoms with Gasteiger partial charge in [-0.3, -0.25) is 14.4 Å². The second-order valence-electron chi connectivity index (χ2n) is 6.80. The van der Waals surface area contributed by atoms with E-state index in [1.54, 1.807) is 54.6 Å². The molecule has 4 rings (SSSR count). The van der Waals surface area contributed by atoms with Crippen LogP contribution in [-0.4, -0.2) is 17.7 Å². The molecule has 1 heterocycles. The van der Waals surface area contributed by atoms with Crippen LogP contribution in [0.4, 0.5) is 11.4 Å². The highest BCUT2D eigenvalue weighted by atomic mass is 16.5. The quantitative estimate of drug-likeness (QED) is 0.668. The van der Waals surface area contributed by atoms with Crippen molar-refractivity contribution in [3.63, 3.8) is 0 Å². The molecule has 3 amide bonds. The summed E-state index contributed by atoms with van der Waals surface area (Å²) >= 11 is 0. The fraction of sp³-hybridized carbons (Fsp3) is 0.0870. The molecule has 144 valence electrons. The number of benzene rings is 3. The van der Waals surface area contributed by atoms with Crippen LogP contribution in [0.1, 0.15) is 33.2 Å². The van der Waals surface area contributed by atoms with Crippen molar-refractivity contribution >= 4 is 29.1 Å². The molecule has 0 radical (unpaired) electrons. The van der Waals surface area contributed by atoms with Crippen molar-refractivity contribution in [2.75, 3.05) is 10.2 Å². The maximum absolute atomic E-state index is 12.9. The number of aryl methyl sites for hydroxylation is 1. The fourth-order valence-electron chi connectivity index (χ4n) is 3.23. The lowest BCUT2D eigenvalue weighted by Gasteiger charge is -2.14. The van der Waals surface area contributed by atoms with Gasteiger partial charge in [0.1, 0.15) is 11.5 Å². The Kier molecular flexibility index (Phi) is 4.60. The van der Waals surface area contributed by atoms with E-state index >= 15 is 0 Å². The minimum atomic E-state index is -0.373. The summed E-state index contributed by atoms with van der Waals surface area (Å²) in [5, 5.41) is 2.68. The van der Waals surface area contributed by atoms with Gasteiger partial charge in [-0.25, -0.2) is 4.90 Å². The molecule has 1 aliphatic rings. The van der Waals surface area contributed by atoms with Gasteiger partial charge in [0.25, 0.3) is 11.8 Å². The van der Waals surface area contributed by atoms with Crippen LogP contribution in [0.5, 0.6) is 11.5 Å². The van der Waals surface area contributed by atoms with Crippen LogP contribution in [0.25, 0.3) is 0 Å². The Morgan fingerprint density at radius 3 is 2.24 bits per heavy atom. The van der Waals surface area contributed by atoms with Gasteiger partial charge in [0.2, 0.25) is 5.91 Å². The fourth-order valence-corrected chi connectivity index (χ4v) is 3.23. The molecule has 0 bridgehead atoms. The first-order valence-electron chi connectivity index (χ1n) is 9.07. The first-order valence-corrected chi connectivity index (χ1v) is 9.07. The third-order valence-corrected chi connectivity index (χ3v) is 4.53. The third-order valence-electron chi connectivity index (χ3n) is 4.53. The summed E-state index contributed by atoms with van der Waals surface area (Å²) in [6.45, 7) is 3.35. The van der Waals surface area contributed by atoms with Gasteiger partial charge in [-0.2, -0.15) is 0 Å². The Balaban J connectivity index is 1.58. The highest BCUT2D eigenvalue weighted by molar-refractivity contribution is 6.34. The monoisotopic (exact) mass is 386 g/mol. The highest BCUT2D eigenvalue weighted by Gasteiger charge is 2.37. The minimum absolute atomic E-state index is 0.154. The van der Waals surface area contributed by atoms with Crippen molar-refractivity contribution < 1.29 is 19.1 Å². The maximum atomic E-state index is 12.9. The molecular formula is C23H18N2O4. The van der Waals surface area contributed by atoms with E-state index in [-0.39, 0.29) is 17.7 Å². The lowest BCUT2D eigenvalue weighted by Crippen LogP contribution is -2.29. The number of fused-ring (bicyclic) bond motifs is 1. The zero-order chi connectivity index (χ0) is 20.5. The largest absolute Gasteiger partial charge is 0.457 e. The highest BCUT2D eigenvalue weighted by Crippen LogP contribution is 2.32. The van der Waals surface area contributed by atoms with E-state index in [2.05, 4.69) is 5.32 Å². The molecule has 0 atom stereocenters. The lowest BCUT2D eigenvalue weighted by molar-refractivity contribution is -0.114. The minimum Gasteiger partial charge on any atom is -0.457 e. The van der Waals surface area contributed by atoms with E-state index in [1.165, 1.54) is 11.8 Å². The summed E-state index contributed by atoms with van der Waals surface area (Å²) in [5.74, 6) is 0.122. The molecule has 29 heavy (non-hydrogen) atoms. The van der Waals surface area contributed by atoms with Crippen LogP contribution < -0.4 is 15.0 Å². The number of hydrogen-bond donors (Lipinski definition) is 1. The number of rotatable bonds is 4. The SMILES string of the molecule is CC(=O)Nc1ccc(Oc2ccc3c(c2)C(=O)N(c2cccc(C)c2)C3=O)cc1. The first-order chi connectivity index (χ1) is 13.9. The van der Waals surface area contributed by atoms with Crippen molar-refractivity contribution in [1.82, 2.24) is 0 Å². The number of hydrogen-bond acceptors (Lipinski definition) is 4. The van der Waals surface area contributed by atoms with Gasteiger partial charge in [-0.05, 0) is 67.1 Å². The van der Waals surface area contributed by atoms with E-state index in [0.29, 0.717) is 34.0 Å². The van der Waals surface area contributed by atoms with Crippen LogP contribution in [0, 0.1) is 6.92 Å². The first kappa shape index (κ1) is 18.4. The molecule has 0 saturated heterocycles. The van der Waals surface area contributed by atoms with Crippen molar-refractivity contribution in [1.29, 1.82) is 0 Å². The zero-order valence-corrected chi connectivity index (χ0v) is 15.9. The number of imide groups is 1. The van der Waals surface area contributed by atoms with Crippen LogP contribution in [0.2, 0.25) is 0 Å². The maximum Gasteiger partial charge on any atom is 0.266 e. The van der Waals surface area contributed by atoms with Gasteiger partial charge >= 0.3 is 0 Å². The Morgan fingerprint density at radius 1 is 0.862 bits per heavy atom. The smallest absolute Gasteiger partial charge is 0.266 e.